The number of carbonyl (C=O) groups excluding carboxylic acids is 2. The number of halogens is 1. The van der Waals surface area contributed by atoms with E-state index in [2.05, 4.69) is 10.6 Å². The largest absolute Gasteiger partial charge is 0.355 e. The molecule has 0 saturated heterocycles. The molecule has 23 heavy (non-hydrogen) atoms. The van der Waals surface area contributed by atoms with E-state index < -0.39 is 0 Å². The summed E-state index contributed by atoms with van der Waals surface area (Å²) >= 11 is 6.00. The second kappa shape index (κ2) is 7.11. The van der Waals surface area contributed by atoms with Gasteiger partial charge >= 0.3 is 0 Å². The van der Waals surface area contributed by atoms with Crippen molar-refractivity contribution in [3.05, 3.63) is 63.0 Å². The number of nitrogens with zero attached hydrogens (tertiary/aromatic N) is 1. The van der Waals surface area contributed by atoms with Gasteiger partial charge in [-0.2, -0.15) is 0 Å². The van der Waals surface area contributed by atoms with Crippen LogP contribution < -0.4 is 16.2 Å². The highest BCUT2D eigenvalue weighted by atomic mass is 35.5. The van der Waals surface area contributed by atoms with E-state index in [0.717, 1.165) is 5.56 Å². The van der Waals surface area contributed by atoms with E-state index in [1.54, 1.807) is 25.1 Å². The number of pyridine rings is 1. The van der Waals surface area contributed by atoms with E-state index in [4.69, 9.17) is 11.6 Å². The molecule has 0 aliphatic carbocycles. The van der Waals surface area contributed by atoms with Gasteiger partial charge in [-0.1, -0.05) is 17.7 Å². The van der Waals surface area contributed by atoms with Gasteiger partial charge in [-0.15, -0.1) is 0 Å². The van der Waals surface area contributed by atoms with E-state index in [9.17, 15) is 14.4 Å². The molecule has 6 nitrogen and oxygen atoms in total. The van der Waals surface area contributed by atoms with Gasteiger partial charge in [-0.05, 0) is 30.7 Å². The SMILES string of the molecule is CNC(=O)c1ccc(=O)n(CC(=O)Nc2cccc(Cl)c2C)c1. The number of benzene rings is 1. The van der Waals surface area contributed by atoms with Gasteiger partial charge in [-0.25, -0.2) is 0 Å². The molecular weight excluding hydrogens is 318 g/mol. The highest BCUT2D eigenvalue weighted by Gasteiger charge is 2.10. The lowest BCUT2D eigenvalue weighted by Gasteiger charge is -2.11. The van der Waals surface area contributed by atoms with Gasteiger partial charge in [0, 0.05) is 30.0 Å². The zero-order chi connectivity index (χ0) is 17.0. The molecule has 0 unspecified atom stereocenters. The second-order valence-corrected chi connectivity index (χ2v) is 5.33. The summed E-state index contributed by atoms with van der Waals surface area (Å²) in [6.07, 6.45) is 1.35. The fourth-order valence-electron chi connectivity index (χ4n) is 2.02. The van der Waals surface area contributed by atoms with E-state index in [0.29, 0.717) is 16.3 Å². The first-order valence-corrected chi connectivity index (χ1v) is 7.27. The van der Waals surface area contributed by atoms with Crippen molar-refractivity contribution < 1.29 is 9.59 Å². The topological polar surface area (TPSA) is 80.2 Å². The monoisotopic (exact) mass is 333 g/mol. The number of nitrogens with one attached hydrogen (secondary N) is 2. The molecule has 7 heteroatoms. The Balaban J connectivity index is 2.18. The van der Waals surface area contributed by atoms with Crippen molar-refractivity contribution in [1.82, 2.24) is 9.88 Å². The molecule has 2 aromatic rings. The third kappa shape index (κ3) is 3.98. The molecule has 1 aromatic heterocycles. The molecule has 2 amide bonds. The lowest BCUT2D eigenvalue weighted by molar-refractivity contribution is -0.116. The van der Waals surface area contributed by atoms with Crippen molar-refractivity contribution in [3.63, 3.8) is 0 Å². The number of carbonyl (C=O) groups is 2. The predicted molar refractivity (Wildman–Crippen MR) is 88.9 cm³/mol. The summed E-state index contributed by atoms with van der Waals surface area (Å²) in [6.45, 7) is 1.59. The average molecular weight is 334 g/mol. The molecule has 0 aliphatic rings. The van der Waals surface area contributed by atoms with Crippen molar-refractivity contribution in [2.75, 3.05) is 12.4 Å². The molecule has 120 valence electrons. The molecule has 1 heterocycles. The number of hydrogen-bond acceptors (Lipinski definition) is 3. The Labute approximate surface area is 138 Å². The average Bonchev–Trinajstić information content (AvgIpc) is 2.53. The fourth-order valence-corrected chi connectivity index (χ4v) is 2.20. The van der Waals surface area contributed by atoms with Gasteiger partial charge in [0.25, 0.3) is 11.5 Å². The Morgan fingerprint density at radius 2 is 1.96 bits per heavy atom. The summed E-state index contributed by atoms with van der Waals surface area (Å²) in [6, 6.07) is 7.84. The minimum Gasteiger partial charge on any atom is -0.355 e. The maximum atomic E-state index is 12.1. The molecule has 2 rings (SSSR count). The van der Waals surface area contributed by atoms with Crippen LogP contribution in [-0.4, -0.2) is 23.4 Å². The number of amides is 2. The maximum absolute atomic E-state index is 12.1. The number of anilines is 1. The molecular formula is C16H16ClN3O3. The van der Waals surface area contributed by atoms with Crippen LogP contribution in [-0.2, 0) is 11.3 Å². The number of rotatable bonds is 4. The molecule has 0 atom stereocenters. The molecule has 0 radical (unpaired) electrons. The van der Waals surface area contributed by atoms with Gasteiger partial charge in [0.15, 0.2) is 0 Å². The zero-order valence-electron chi connectivity index (χ0n) is 12.7. The minimum absolute atomic E-state index is 0.199. The standard InChI is InChI=1S/C16H16ClN3O3/c1-10-12(17)4-3-5-13(10)19-14(21)9-20-8-11(16(23)18-2)6-7-15(20)22/h3-8H,9H2,1-2H3,(H,18,23)(H,19,21). The lowest BCUT2D eigenvalue weighted by atomic mass is 10.2. The number of hydrogen-bond donors (Lipinski definition) is 2. The van der Waals surface area contributed by atoms with Crippen LogP contribution in [0.1, 0.15) is 15.9 Å². The van der Waals surface area contributed by atoms with Crippen molar-refractivity contribution in [2.24, 2.45) is 0 Å². The number of aromatic nitrogens is 1. The Bertz CT molecular complexity index is 814. The Hall–Kier alpha value is -2.60. The van der Waals surface area contributed by atoms with Gasteiger partial charge < -0.3 is 15.2 Å². The van der Waals surface area contributed by atoms with Gasteiger partial charge in [-0.3, -0.25) is 14.4 Å². The van der Waals surface area contributed by atoms with Crippen molar-refractivity contribution in [3.8, 4) is 0 Å². The van der Waals surface area contributed by atoms with E-state index in [1.165, 1.54) is 29.9 Å². The van der Waals surface area contributed by atoms with Gasteiger partial charge in [0.2, 0.25) is 5.91 Å². The predicted octanol–water partition coefficient (Wildman–Crippen LogP) is 1.81. The first kappa shape index (κ1) is 16.8. The summed E-state index contributed by atoms with van der Waals surface area (Å²) in [5, 5.41) is 5.71. The minimum atomic E-state index is -0.383. The van der Waals surface area contributed by atoms with Crippen LogP contribution in [0.3, 0.4) is 0 Å². The van der Waals surface area contributed by atoms with Crippen LogP contribution in [0.25, 0.3) is 0 Å². The molecule has 1 aromatic carbocycles. The van der Waals surface area contributed by atoms with Crippen LogP contribution in [0.4, 0.5) is 5.69 Å². The zero-order valence-corrected chi connectivity index (χ0v) is 13.5. The first-order chi connectivity index (χ1) is 10.9. The smallest absolute Gasteiger partial charge is 0.252 e. The van der Waals surface area contributed by atoms with Crippen LogP contribution in [0, 0.1) is 6.92 Å². The maximum Gasteiger partial charge on any atom is 0.252 e. The molecule has 0 saturated carbocycles. The second-order valence-electron chi connectivity index (χ2n) is 4.92. The molecule has 2 N–H and O–H groups in total. The van der Waals surface area contributed by atoms with E-state index in [-0.39, 0.29) is 23.9 Å². The van der Waals surface area contributed by atoms with Crippen LogP contribution in [0.5, 0.6) is 0 Å². The summed E-state index contributed by atoms with van der Waals surface area (Å²) in [5.74, 6) is -0.712. The van der Waals surface area contributed by atoms with Crippen molar-refractivity contribution in [1.29, 1.82) is 0 Å². The van der Waals surface area contributed by atoms with Gasteiger partial charge in [0.1, 0.15) is 6.54 Å². The fraction of sp³-hybridized carbons (Fsp3) is 0.188. The van der Waals surface area contributed by atoms with E-state index in [1.807, 2.05) is 0 Å². The van der Waals surface area contributed by atoms with Crippen LogP contribution >= 0.6 is 11.6 Å². The van der Waals surface area contributed by atoms with Gasteiger partial charge in [0.05, 0.1) is 5.56 Å². The normalized spacial score (nSPS) is 10.2. The molecule has 0 spiro atoms. The third-order valence-corrected chi connectivity index (χ3v) is 3.74. The summed E-state index contributed by atoms with van der Waals surface area (Å²) in [5.41, 5.74) is 1.27. The van der Waals surface area contributed by atoms with Crippen LogP contribution in [0.2, 0.25) is 5.02 Å². The molecule has 0 bridgehead atoms. The van der Waals surface area contributed by atoms with Crippen LogP contribution in [0.15, 0.2) is 41.3 Å². The lowest BCUT2D eigenvalue weighted by Crippen LogP contribution is -2.29. The summed E-state index contributed by atoms with van der Waals surface area (Å²) in [7, 11) is 1.49. The highest BCUT2D eigenvalue weighted by Crippen LogP contribution is 2.22. The quantitative estimate of drug-likeness (QED) is 0.895. The Morgan fingerprint density at radius 3 is 2.65 bits per heavy atom. The summed E-state index contributed by atoms with van der Waals surface area (Å²) < 4.78 is 1.18. The molecule has 0 fully saturated rings. The van der Waals surface area contributed by atoms with Crippen molar-refractivity contribution >= 4 is 29.1 Å². The Morgan fingerprint density at radius 1 is 1.22 bits per heavy atom. The van der Waals surface area contributed by atoms with E-state index >= 15 is 0 Å². The third-order valence-electron chi connectivity index (χ3n) is 3.33. The van der Waals surface area contributed by atoms with Crippen molar-refractivity contribution in [2.45, 2.75) is 13.5 Å². The first-order valence-electron chi connectivity index (χ1n) is 6.90. The summed E-state index contributed by atoms with van der Waals surface area (Å²) in [4.78, 5) is 35.5. The Kier molecular flexibility index (Phi) is 5.18. The highest BCUT2D eigenvalue weighted by molar-refractivity contribution is 6.31. The molecule has 0 aliphatic heterocycles.